The maximum atomic E-state index is 12.2. The number of hydrogen-bond acceptors (Lipinski definition) is 4. The van der Waals surface area contributed by atoms with E-state index in [1.807, 2.05) is 32.9 Å². The Hall–Kier alpha value is -1.39. The number of benzene rings is 1. The van der Waals surface area contributed by atoms with E-state index < -0.39 is 5.60 Å². The molecule has 0 unspecified atom stereocenters. The van der Waals surface area contributed by atoms with E-state index in [2.05, 4.69) is 17.4 Å². The van der Waals surface area contributed by atoms with E-state index >= 15 is 0 Å². The predicted molar refractivity (Wildman–Crippen MR) is 74.7 cm³/mol. The van der Waals surface area contributed by atoms with Gasteiger partial charge in [-0.05, 0) is 38.3 Å². The van der Waals surface area contributed by atoms with Gasteiger partial charge in [-0.3, -0.25) is 10.1 Å². The Kier molecular flexibility index (Phi) is 3.92. The fourth-order valence-electron chi connectivity index (χ4n) is 2.39. The SMILES string of the molecule is CC(C)(C)OC(=O)[C@H]1Cc2ccccc2[C@@H](CN)N1. The molecule has 1 aromatic carbocycles. The van der Waals surface area contributed by atoms with Gasteiger partial charge in [0.15, 0.2) is 0 Å². The summed E-state index contributed by atoms with van der Waals surface area (Å²) in [6.07, 6.45) is 0.654. The van der Waals surface area contributed by atoms with E-state index in [1.165, 1.54) is 11.1 Å². The van der Waals surface area contributed by atoms with Crippen LogP contribution >= 0.6 is 0 Å². The largest absolute Gasteiger partial charge is 0.459 e. The molecule has 0 radical (unpaired) electrons. The van der Waals surface area contributed by atoms with E-state index in [1.54, 1.807) is 0 Å². The van der Waals surface area contributed by atoms with Gasteiger partial charge in [0.25, 0.3) is 0 Å². The van der Waals surface area contributed by atoms with Crippen molar-refractivity contribution in [2.45, 2.75) is 44.9 Å². The third kappa shape index (κ3) is 3.33. The van der Waals surface area contributed by atoms with Gasteiger partial charge in [0.05, 0.1) is 0 Å². The Balaban J connectivity index is 2.17. The molecule has 4 heteroatoms. The van der Waals surface area contributed by atoms with Gasteiger partial charge in [-0.2, -0.15) is 0 Å². The molecule has 1 aromatic rings. The van der Waals surface area contributed by atoms with Crippen LogP contribution in [0.3, 0.4) is 0 Å². The van der Waals surface area contributed by atoms with Crippen molar-refractivity contribution in [3.8, 4) is 0 Å². The molecule has 0 fully saturated rings. The molecular weight excluding hydrogens is 240 g/mol. The molecule has 4 nitrogen and oxygen atoms in total. The molecule has 1 heterocycles. The summed E-state index contributed by atoms with van der Waals surface area (Å²) in [6, 6.07) is 7.80. The number of esters is 1. The number of rotatable bonds is 2. The minimum absolute atomic E-state index is 0.0162. The van der Waals surface area contributed by atoms with E-state index in [0.717, 1.165) is 0 Å². The van der Waals surface area contributed by atoms with Crippen LogP contribution < -0.4 is 11.1 Å². The molecule has 0 amide bonds. The topological polar surface area (TPSA) is 64.3 Å². The van der Waals surface area contributed by atoms with E-state index in [0.29, 0.717) is 13.0 Å². The highest BCUT2D eigenvalue weighted by Gasteiger charge is 2.32. The molecular formula is C15H22N2O2. The molecule has 0 spiro atoms. The summed E-state index contributed by atoms with van der Waals surface area (Å²) in [4.78, 5) is 12.2. The fraction of sp³-hybridized carbons (Fsp3) is 0.533. The number of hydrogen-bond donors (Lipinski definition) is 2. The zero-order valence-corrected chi connectivity index (χ0v) is 11.8. The zero-order valence-electron chi connectivity index (χ0n) is 11.8. The van der Waals surface area contributed by atoms with Crippen LogP contribution in [-0.4, -0.2) is 24.2 Å². The number of carbonyl (C=O) groups excluding carboxylic acids is 1. The van der Waals surface area contributed by atoms with Crippen molar-refractivity contribution >= 4 is 5.97 Å². The van der Waals surface area contributed by atoms with Crippen LogP contribution in [0.4, 0.5) is 0 Å². The number of nitrogens with two attached hydrogens (primary N) is 1. The third-order valence-corrected chi connectivity index (χ3v) is 3.18. The van der Waals surface area contributed by atoms with Crippen molar-refractivity contribution in [1.29, 1.82) is 0 Å². The summed E-state index contributed by atoms with van der Waals surface area (Å²) in [6.45, 7) is 6.10. The Labute approximate surface area is 114 Å². The Morgan fingerprint density at radius 1 is 1.42 bits per heavy atom. The monoisotopic (exact) mass is 262 g/mol. The smallest absolute Gasteiger partial charge is 0.324 e. The summed E-state index contributed by atoms with van der Waals surface area (Å²) < 4.78 is 5.44. The highest BCUT2D eigenvalue weighted by molar-refractivity contribution is 5.77. The first kappa shape index (κ1) is 14.0. The average Bonchev–Trinajstić information content (AvgIpc) is 2.35. The lowest BCUT2D eigenvalue weighted by Gasteiger charge is -2.33. The normalized spacial score (nSPS) is 22.7. The Bertz CT molecular complexity index is 465. The molecule has 0 saturated heterocycles. The van der Waals surface area contributed by atoms with Crippen LogP contribution in [0.5, 0.6) is 0 Å². The quantitative estimate of drug-likeness (QED) is 0.794. The van der Waals surface area contributed by atoms with Crippen LogP contribution in [0, 0.1) is 0 Å². The van der Waals surface area contributed by atoms with Crippen LogP contribution in [0.25, 0.3) is 0 Å². The van der Waals surface area contributed by atoms with Crippen LogP contribution in [0.1, 0.15) is 37.9 Å². The lowest BCUT2D eigenvalue weighted by atomic mass is 9.90. The molecule has 1 aliphatic heterocycles. The molecule has 19 heavy (non-hydrogen) atoms. The molecule has 0 aliphatic carbocycles. The van der Waals surface area contributed by atoms with Crippen molar-refractivity contribution in [3.63, 3.8) is 0 Å². The summed E-state index contributed by atoms with van der Waals surface area (Å²) in [5.74, 6) is -0.208. The van der Waals surface area contributed by atoms with Gasteiger partial charge in [-0.15, -0.1) is 0 Å². The van der Waals surface area contributed by atoms with Crippen LogP contribution in [0.2, 0.25) is 0 Å². The molecule has 1 aliphatic rings. The Morgan fingerprint density at radius 3 is 2.74 bits per heavy atom. The second kappa shape index (κ2) is 5.31. The second-order valence-electron chi connectivity index (χ2n) is 5.94. The lowest BCUT2D eigenvalue weighted by molar-refractivity contribution is -0.157. The Morgan fingerprint density at radius 2 is 2.11 bits per heavy atom. The number of nitrogens with one attached hydrogen (secondary N) is 1. The molecule has 104 valence electrons. The van der Waals surface area contributed by atoms with E-state index in [9.17, 15) is 4.79 Å². The van der Waals surface area contributed by atoms with Gasteiger partial charge in [0.1, 0.15) is 11.6 Å². The van der Waals surface area contributed by atoms with Gasteiger partial charge >= 0.3 is 5.97 Å². The third-order valence-electron chi connectivity index (χ3n) is 3.18. The predicted octanol–water partition coefficient (Wildman–Crippen LogP) is 1.54. The summed E-state index contributed by atoms with van der Waals surface area (Å²) in [7, 11) is 0. The second-order valence-corrected chi connectivity index (χ2v) is 5.94. The van der Waals surface area contributed by atoms with Gasteiger partial charge in [0, 0.05) is 12.6 Å². The summed E-state index contributed by atoms with van der Waals surface area (Å²) in [5, 5.41) is 3.28. The molecule has 0 saturated carbocycles. The van der Waals surface area contributed by atoms with Gasteiger partial charge in [-0.25, -0.2) is 0 Å². The van der Waals surface area contributed by atoms with Crippen molar-refractivity contribution in [3.05, 3.63) is 35.4 Å². The highest BCUT2D eigenvalue weighted by Crippen LogP contribution is 2.25. The van der Waals surface area contributed by atoms with Crippen molar-refractivity contribution in [1.82, 2.24) is 5.32 Å². The molecule has 2 atom stereocenters. The molecule has 2 rings (SSSR count). The first-order valence-electron chi connectivity index (χ1n) is 6.67. The van der Waals surface area contributed by atoms with Crippen LogP contribution in [0.15, 0.2) is 24.3 Å². The highest BCUT2D eigenvalue weighted by atomic mass is 16.6. The molecule has 0 aromatic heterocycles. The van der Waals surface area contributed by atoms with Crippen LogP contribution in [-0.2, 0) is 16.0 Å². The number of ether oxygens (including phenoxy) is 1. The average molecular weight is 262 g/mol. The van der Waals surface area contributed by atoms with E-state index in [-0.39, 0.29) is 18.1 Å². The minimum atomic E-state index is -0.464. The van der Waals surface area contributed by atoms with Gasteiger partial charge in [-0.1, -0.05) is 24.3 Å². The number of carbonyl (C=O) groups is 1. The van der Waals surface area contributed by atoms with Gasteiger partial charge in [0.2, 0.25) is 0 Å². The fourth-order valence-corrected chi connectivity index (χ4v) is 2.39. The summed E-state index contributed by atoms with van der Waals surface area (Å²) in [5.41, 5.74) is 7.69. The number of fused-ring (bicyclic) bond motifs is 1. The minimum Gasteiger partial charge on any atom is -0.459 e. The molecule has 0 bridgehead atoms. The van der Waals surface area contributed by atoms with Crippen molar-refractivity contribution in [2.24, 2.45) is 5.73 Å². The summed E-state index contributed by atoms with van der Waals surface area (Å²) >= 11 is 0. The van der Waals surface area contributed by atoms with Crippen molar-refractivity contribution < 1.29 is 9.53 Å². The standard InChI is InChI=1S/C15H22N2O2/c1-15(2,3)19-14(18)12-8-10-6-4-5-7-11(10)13(9-16)17-12/h4-7,12-13,17H,8-9,16H2,1-3H3/t12-,13-/m1/s1. The zero-order chi connectivity index (χ0) is 14.0. The lowest BCUT2D eigenvalue weighted by Crippen LogP contribution is -2.49. The maximum absolute atomic E-state index is 12.2. The first-order valence-corrected chi connectivity index (χ1v) is 6.67. The van der Waals surface area contributed by atoms with Gasteiger partial charge < -0.3 is 10.5 Å². The van der Waals surface area contributed by atoms with E-state index in [4.69, 9.17) is 10.5 Å². The maximum Gasteiger partial charge on any atom is 0.324 e. The molecule has 3 N–H and O–H groups in total. The van der Waals surface area contributed by atoms with Crippen molar-refractivity contribution in [2.75, 3.05) is 6.54 Å². The first-order chi connectivity index (χ1) is 8.90.